The predicted octanol–water partition coefficient (Wildman–Crippen LogP) is 0.106. The summed E-state index contributed by atoms with van der Waals surface area (Å²) < 4.78 is 3.91. The van der Waals surface area contributed by atoms with Gasteiger partial charge in [-0.15, -0.1) is 0 Å². The second-order valence-electron chi connectivity index (χ2n) is 3.82. The molecule has 1 aromatic rings. The van der Waals surface area contributed by atoms with E-state index in [2.05, 4.69) is 4.90 Å². The van der Waals surface area contributed by atoms with Crippen molar-refractivity contribution in [2.75, 3.05) is 13.1 Å². The molecule has 2 rings (SSSR count). The molecule has 0 saturated carbocycles. The van der Waals surface area contributed by atoms with Crippen molar-refractivity contribution >= 4 is 6.29 Å². The quantitative estimate of drug-likeness (QED) is 0.504. The average Bonchev–Trinajstić information content (AvgIpc) is 2.79. The van der Waals surface area contributed by atoms with Crippen LogP contribution in [0.5, 0.6) is 0 Å². The number of likely N-dealkylation sites (tertiary alicyclic amines) is 1. The van der Waals surface area contributed by atoms with Gasteiger partial charge in [0.15, 0.2) is 6.29 Å². The van der Waals surface area contributed by atoms with E-state index in [0.29, 0.717) is 0 Å². The SMILES string of the molecule is C[n+]1ccn(C(C=O)N2CCCC2)c1. The fraction of sp³-hybridized carbons (Fsp3) is 0.600. The van der Waals surface area contributed by atoms with Crippen molar-refractivity contribution in [3.05, 3.63) is 18.7 Å². The van der Waals surface area contributed by atoms with Crippen molar-refractivity contribution in [2.45, 2.75) is 19.0 Å². The largest absolute Gasteiger partial charge is 0.297 e. The van der Waals surface area contributed by atoms with E-state index in [1.807, 2.05) is 34.9 Å². The van der Waals surface area contributed by atoms with Gasteiger partial charge in [-0.25, -0.2) is 9.13 Å². The molecule has 1 atom stereocenters. The van der Waals surface area contributed by atoms with Gasteiger partial charge in [0.05, 0.1) is 7.05 Å². The van der Waals surface area contributed by atoms with E-state index >= 15 is 0 Å². The maximum Gasteiger partial charge on any atom is 0.245 e. The van der Waals surface area contributed by atoms with Gasteiger partial charge in [0.1, 0.15) is 12.4 Å². The van der Waals surface area contributed by atoms with Crippen LogP contribution in [0.4, 0.5) is 0 Å². The van der Waals surface area contributed by atoms with Crippen LogP contribution >= 0.6 is 0 Å². The Morgan fingerprint density at radius 3 is 2.64 bits per heavy atom. The van der Waals surface area contributed by atoms with Gasteiger partial charge in [-0.05, 0) is 12.8 Å². The van der Waals surface area contributed by atoms with Crippen LogP contribution in [0.3, 0.4) is 0 Å². The average molecular weight is 194 g/mol. The molecule has 1 aromatic heterocycles. The molecular formula is C10H16N3O+. The topological polar surface area (TPSA) is 29.1 Å². The number of carbonyl (C=O) groups excluding carboxylic acids is 1. The molecule has 4 heteroatoms. The molecule has 1 fully saturated rings. The minimum Gasteiger partial charge on any atom is -0.297 e. The summed E-state index contributed by atoms with van der Waals surface area (Å²) >= 11 is 0. The first-order valence-electron chi connectivity index (χ1n) is 5.03. The summed E-state index contributed by atoms with van der Waals surface area (Å²) in [5.74, 6) is 0. The van der Waals surface area contributed by atoms with Crippen molar-refractivity contribution in [3.8, 4) is 0 Å². The normalized spacial score (nSPS) is 19.8. The first-order chi connectivity index (χ1) is 6.81. The highest BCUT2D eigenvalue weighted by Gasteiger charge is 2.26. The minimum absolute atomic E-state index is 0.112. The van der Waals surface area contributed by atoms with Gasteiger partial charge in [-0.3, -0.25) is 9.69 Å². The van der Waals surface area contributed by atoms with Crippen LogP contribution in [0.25, 0.3) is 0 Å². The number of hydrogen-bond acceptors (Lipinski definition) is 2. The number of rotatable bonds is 3. The Morgan fingerprint density at radius 1 is 1.43 bits per heavy atom. The van der Waals surface area contributed by atoms with Crippen molar-refractivity contribution < 1.29 is 9.36 Å². The standard InChI is InChI=1S/C10H16N3O/c1-11-6-7-13(9-11)10(8-14)12-4-2-3-5-12/h6-10H,2-5H2,1H3/q+1. The molecule has 1 aliphatic heterocycles. The predicted molar refractivity (Wildman–Crippen MR) is 51.5 cm³/mol. The Kier molecular flexibility index (Phi) is 2.63. The summed E-state index contributed by atoms with van der Waals surface area (Å²) in [5, 5.41) is 0. The van der Waals surface area contributed by atoms with E-state index in [1.54, 1.807) is 0 Å². The summed E-state index contributed by atoms with van der Waals surface area (Å²) in [6.45, 7) is 2.07. The molecule has 0 aliphatic carbocycles. The summed E-state index contributed by atoms with van der Waals surface area (Å²) in [6.07, 6.45) is 9.15. The van der Waals surface area contributed by atoms with Crippen molar-refractivity contribution in [2.24, 2.45) is 7.05 Å². The first-order valence-corrected chi connectivity index (χ1v) is 5.03. The Morgan fingerprint density at radius 2 is 2.14 bits per heavy atom. The third kappa shape index (κ3) is 1.70. The molecule has 0 bridgehead atoms. The second kappa shape index (κ2) is 3.92. The molecule has 0 amide bonds. The fourth-order valence-corrected chi connectivity index (χ4v) is 1.98. The molecule has 0 N–H and O–H groups in total. The number of aldehydes is 1. The fourth-order valence-electron chi connectivity index (χ4n) is 1.98. The summed E-state index contributed by atoms with van der Waals surface area (Å²) in [4.78, 5) is 13.2. The van der Waals surface area contributed by atoms with Gasteiger partial charge in [-0.2, -0.15) is 0 Å². The van der Waals surface area contributed by atoms with E-state index < -0.39 is 0 Å². The highest BCUT2D eigenvalue weighted by atomic mass is 16.1. The Labute approximate surface area is 83.8 Å². The number of carbonyl (C=O) groups is 1. The zero-order valence-corrected chi connectivity index (χ0v) is 8.47. The molecule has 1 aliphatic rings. The maximum atomic E-state index is 11.0. The van der Waals surface area contributed by atoms with E-state index in [0.717, 1.165) is 19.4 Å². The maximum absolute atomic E-state index is 11.0. The molecule has 0 radical (unpaired) electrons. The van der Waals surface area contributed by atoms with Crippen LogP contribution < -0.4 is 4.57 Å². The highest BCUT2D eigenvalue weighted by molar-refractivity contribution is 5.55. The van der Waals surface area contributed by atoms with Gasteiger partial charge in [-0.1, -0.05) is 0 Å². The number of imidazole rings is 1. The van der Waals surface area contributed by atoms with E-state index in [4.69, 9.17) is 0 Å². The van der Waals surface area contributed by atoms with Crippen LogP contribution in [0, 0.1) is 0 Å². The molecule has 1 saturated heterocycles. The first kappa shape index (κ1) is 9.40. The van der Waals surface area contributed by atoms with Gasteiger partial charge < -0.3 is 0 Å². The van der Waals surface area contributed by atoms with Gasteiger partial charge in [0.2, 0.25) is 12.5 Å². The lowest BCUT2D eigenvalue weighted by atomic mass is 10.4. The number of hydrogen-bond donors (Lipinski definition) is 0. The van der Waals surface area contributed by atoms with Crippen molar-refractivity contribution in [1.82, 2.24) is 9.47 Å². The summed E-state index contributed by atoms with van der Waals surface area (Å²) in [5.41, 5.74) is 0. The Balaban J connectivity index is 2.16. The highest BCUT2D eigenvalue weighted by Crippen LogP contribution is 2.17. The summed E-state index contributed by atoms with van der Waals surface area (Å²) in [6, 6.07) is 0. The van der Waals surface area contributed by atoms with Crippen LogP contribution in [-0.4, -0.2) is 28.8 Å². The van der Waals surface area contributed by atoms with Crippen LogP contribution in [0.1, 0.15) is 19.0 Å². The number of aromatic nitrogens is 2. The third-order valence-corrected chi connectivity index (χ3v) is 2.73. The lowest BCUT2D eigenvalue weighted by Gasteiger charge is -2.18. The van der Waals surface area contributed by atoms with E-state index in [1.165, 1.54) is 12.8 Å². The van der Waals surface area contributed by atoms with Gasteiger partial charge in [0.25, 0.3) is 0 Å². The van der Waals surface area contributed by atoms with E-state index in [-0.39, 0.29) is 6.17 Å². The van der Waals surface area contributed by atoms with Crippen LogP contribution in [-0.2, 0) is 11.8 Å². The lowest BCUT2D eigenvalue weighted by Crippen LogP contribution is -2.32. The number of nitrogens with zero attached hydrogens (tertiary/aromatic N) is 3. The molecule has 0 aromatic carbocycles. The minimum atomic E-state index is -0.112. The lowest BCUT2D eigenvalue weighted by molar-refractivity contribution is -0.671. The molecule has 0 spiro atoms. The molecule has 4 nitrogen and oxygen atoms in total. The monoisotopic (exact) mass is 194 g/mol. The van der Waals surface area contributed by atoms with Crippen molar-refractivity contribution in [1.29, 1.82) is 0 Å². The van der Waals surface area contributed by atoms with Gasteiger partial charge >= 0.3 is 0 Å². The Hall–Kier alpha value is -1.16. The smallest absolute Gasteiger partial charge is 0.245 e. The van der Waals surface area contributed by atoms with Gasteiger partial charge in [0, 0.05) is 13.1 Å². The van der Waals surface area contributed by atoms with Crippen LogP contribution in [0.15, 0.2) is 18.7 Å². The van der Waals surface area contributed by atoms with Crippen LogP contribution in [0.2, 0.25) is 0 Å². The molecular weight excluding hydrogens is 178 g/mol. The third-order valence-electron chi connectivity index (χ3n) is 2.73. The molecule has 76 valence electrons. The molecule has 2 heterocycles. The molecule has 1 unspecified atom stereocenters. The second-order valence-corrected chi connectivity index (χ2v) is 3.82. The van der Waals surface area contributed by atoms with Crippen molar-refractivity contribution in [3.63, 3.8) is 0 Å². The zero-order valence-electron chi connectivity index (χ0n) is 8.47. The van der Waals surface area contributed by atoms with E-state index in [9.17, 15) is 4.79 Å². The summed E-state index contributed by atoms with van der Waals surface area (Å²) in [7, 11) is 1.96. The number of aryl methyl sites for hydroxylation is 1. The molecule has 14 heavy (non-hydrogen) atoms. The Bertz CT molecular complexity index is 315. The zero-order chi connectivity index (χ0) is 9.97.